The topological polar surface area (TPSA) is 45.9 Å². The Morgan fingerprint density at radius 2 is 1.92 bits per heavy atom. The summed E-state index contributed by atoms with van der Waals surface area (Å²) in [6, 6.07) is 2.23. The summed E-state index contributed by atoms with van der Waals surface area (Å²) in [5.74, 6) is 5.94. The van der Waals surface area contributed by atoms with Gasteiger partial charge in [-0.05, 0) is 40.5 Å². The first-order chi connectivity index (χ1) is 11.4. The zero-order valence-electron chi connectivity index (χ0n) is 15.5. The summed E-state index contributed by atoms with van der Waals surface area (Å²) in [5, 5.41) is 9.55. The lowest BCUT2D eigenvalue weighted by Crippen LogP contribution is -2.55. The minimum atomic E-state index is 0.194. The van der Waals surface area contributed by atoms with Gasteiger partial charge in [-0.25, -0.2) is 0 Å². The van der Waals surface area contributed by atoms with E-state index in [0.29, 0.717) is 24.6 Å². The second kappa shape index (κ2) is 9.27. The van der Waals surface area contributed by atoms with Crippen LogP contribution in [0, 0.1) is 23.2 Å². The Morgan fingerprint density at radius 3 is 2.33 bits per heavy atom. The van der Waals surface area contributed by atoms with E-state index in [0.717, 1.165) is 26.2 Å². The number of nitrogens with zero attached hydrogens (tertiary/aromatic N) is 5. The van der Waals surface area contributed by atoms with Crippen LogP contribution in [-0.4, -0.2) is 66.3 Å². The van der Waals surface area contributed by atoms with E-state index < -0.39 is 0 Å². The predicted octanol–water partition coefficient (Wildman–Crippen LogP) is 2.31. The van der Waals surface area contributed by atoms with Crippen LogP contribution in [-0.2, 0) is 0 Å². The Balaban J connectivity index is 2.86. The average Bonchev–Trinajstić information content (AvgIpc) is 2.56. The minimum absolute atomic E-state index is 0.194. The molecule has 0 aliphatic carbocycles. The van der Waals surface area contributed by atoms with E-state index in [9.17, 15) is 5.26 Å². The molecule has 5 heteroatoms. The lowest BCUT2D eigenvalue weighted by Gasteiger charge is -2.43. The van der Waals surface area contributed by atoms with Gasteiger partial charge in [-0.15, -0.1) is 5.92 Å². The van der Waals surface area contributed by atoms with Crippen molar-refractivity contribution in [3.05, 3.63) is 24.0 Å². The Morgan fingerprint density at radius 1 is 1.29 bits per heavy atom. The molecule has 1 aliphatic heterocycles. The lowest BCUT2D eigenvalue weighted by atomic mass is 10.1. The summed E-state index contributed by atoms with van der Waals surface area (Å²) in [5.41, 5.74) is 1.17. The van der Waals surface area contributed by atoms with Gasteiger partial charge < -0.3 is 4.90 Å². The van der Waals surface area contributed by atoms with Gasteiger partial charge in [-0.3, -0.25) is 14.8 Å². The van der Waals surface area contributed by atoms with Gasteiger partial charge >= 0.3 is 0 Å². The van der Waals surface area contributed by atoms with Crippen LogP contribution in [0.15, 0.2) is 29.0 Å². The molecule has 24 heavy (non-hydrogen) atoms. The van der Waals surface area contributed by atoms with Crippen LogP contribution in [0.1, 0.15) is 27.7 Å². The van der Waals surface area contributed by atoms with Crippen LogP contribution in [0.4, 0.5) is 0 Å². The molecule has 0 aromatic heterocycles. The molecule has 5 nitrogen and oxygen atoms in total. The SMILES string of the molecule is C=C/C(N=C)=C(\C#N)N(CC#CC)CN1CCN(C(C)(C)C)CC1. The van der Waals surface area contributed by atoms with Crippen molar-refractivity contribution in [3.8, 4) is 17.9 Å². The monoisotopic (exact) mass is 327 g/mol. The molecule has 1 rings (SSSR count). The molecule has 0 spiro atoms. The first-order valence-electron chi connectivity index (χ1n) is 8.22. The molecule has 130 valence electrons. The molecule has 1 saturated heterocycles. The highest BCUT2D eigenvalue weighted by Gasteiger charge is 2.27. The molecule has 0 atom stereocenters. The third kappa shape index (κ3) is 5.53. The van der Waals surface area contributed by atoms with Crippen molar-refractivity contribution in [1.82, 2.24) is 14.7 Å². The van der Waals surface area contributed by atoms with Gasteiger partial charge in [0.1, 0.15) is 11.8 Å². The molecule has 0 bridgehead atoms. The standard InChI is InChI=1S/C19H29N5/c1-7-9-10-23(18(15-20)17(8-2)21-6)16-22-11-13-24(14-12-22)19(3,4)5/h8H,2,6,10-14,16H2,1,3-5H3/b18-17-. The predicted molar refractivity (Wildman–Crippen MR) is 100 cm³/mol. The van der Waals surface area contributed by atoms with Crippen LogP contribution in [0.3, 0.4) is 0 Å². The number of rotatable bonds is 6. The van der Waals surface area contributed by atoms with E-state index in [1.807, 2.05) is 4.90 Å². The summed E-state index contributed by atoms with van der Waals surface area (Å²) in [7, 11) is 0. The van der Waals surface area contributed by atoms with Crippen LogP contribution in [0.2, 0.25) is 0 Å². The second-order valence-corrected chi connectivity index (χ2v) is 6.75. The highest BCUT2D eigenvalue weighted by atomic mass is 15.4. The molecule has 0 aromatic carbocycles. The Hall–Kier alpha value is -2.08. The van der Waals surface area contributed by atoms with E-state index in [4.69, 9.17) is 0 Å². The van der Waals surface area contributed by atoms with Gasteiger partial charge in [0, 0.05) is 31.7 Å². The number of nitriles is 1. The molecule has 0 unspecified atom stereocenters. The third-order valence-corrected chi connectivity index (χ3v) is 4.17. The maximum absolute atomic E-state index is 9.55. The molecule has 0 radical (unpaired) electrons. The largest absolute Gasteiger partial charge is 0.337 e. The van der Waals surface area contributed by atoms with Crippen molar-refractivity contribution in [2.24, 2.45) is 4.99 Å². The summed E-state index contributed by atoms with van der Waals surface area (Å²) in [6.45, 7) is 20.9. The van der Waals surface area contributed by atoms with Crippen molar-refractivity contribution in [3.63, 3.8) is 0 Å². The molecule has 1 fully saturated rings. The quantitative estimate of drug-likeness (QED) is 0.325. The van der Waals surface area contributed by atoms with Crippen molar-refractivity contribution in [2.45, 2.75) is 33.2 Å². The molecular formula is C19H29N5. The van der Waals surface area contributed by atoms with Crippen LogP contribution in [0.5, 0.6) is 0 Å². The van der Waals surface area contributed by atoms with E-state index in [-0.39, 0.29) is 5.54 Å². The van der Waals surface area contributed by atoms with Crippen LogP contribution >= 0.6 is 0 Å². The summed E-state index contributed by atoms with van der Waals surface area (Å²) in [4.78, 5) is 10.7. The average molecular weight is 327 g/mol. The Kier molecular flexibility index (Phi) is 7.71. The number of aliphatic imine (C=N–C) groups is 1. The fourth-order valence-electron chi connectivity index (χ4n) is 2.70. The van der Waals surface area contributed by atoms with Gasteiger partial charge in [0.05, 0.1) is 18.9 Å². The van der Waals surface area contributed by atoms with Crippen molar-refractivity contribution in [2.75, 3.05) is 39.4 Å². The van der Waals surface area contributed by atoms with E-state index in [1.165, 1.54) is 0 Å². The van der Waals surface area contributed by atoms with Crippen molar-refractivity contribution in [1.29, 1.82) is 5.26 Å². The molecule has 1 aliphatic rings. The van der Waals surface area contributed by atoms with Crippen molar-refractivity contribution < 1.29 is 0 Å². The minimum Gasteiger partial charge on any atom is -0.337 e. The van der Waals surface area contributed by atoms with Crippen LogP contribution in [0.25, 0.3) is 0 Å². The zero-order chi connectivity index (χ0) is 18.2. The number of hydrogen-bond acceptors (Lipinski definition) is 5. The Labute approximate surface area is 146 Å². The summed E-state index contributed by atoms with van der Waals surface area (Å²) >= 11 is 0. The van der Waals surface area contributed by atoms with Gasteiger partial charge in [-0.1, -0.05) is 12.5 Å². The molecule has 0 saturated carbocycles. The maximum Gasteiger partial charge on any atom is 0.143 e. The molecule has 1 heterocycles. The zero-order valence-corrected chi connectivity index (χ0v) is 15.5. The molecule has 0 amide bonds. The molecule has 0 N–H and O–H groups in total. The van der Waals surface area contributed by atoms with E-state index >= 15 is 0 Å². The number of hydrogen-bond donors (Lipinski definition) is 0. The van der Waals surface area contributed by atoms with E-state index in [1.54, 1.807) is 13.0 Å². The second-order valence-electron chi connectivity index (χ2n) is 6.75. The first kappa shape index (κ1) is 20.0. The normalized spacial score (nSPS) is 17.1. The first-order valence-corrected chi connectivity index (χ1v) is 8.22. The van der Waals surface area contributed by atoms with Gasteiger partial charge in [-0.2, -0.15) is 5.26 Å². The summed E-state index contributed by atoms with van der Waals surface area (Å²) < 4.78 is 0. The fraction of sp³-hybridized carbons (Fsp3) is 0.579. The van der Waals surface area contributed by atoms with Gasteiger partial charge in [0.15, 0.2) is 0 Å². The summed E-state index contributed by atoms with van der Waals surface area (Å²) in [6.07, 6.45) is 1.56. The lowest BCUT2D eigenvalue weighted by molar-refractivity contribution is 0.0431. The maximum atomic E-state index is 9.55. The number of piperazine rings is 1. The fourth-order valence-corrected chi connectivity index (χ4v) is 2.70. The van der Waals surface area contributed by atoms with Gasteiger partial charge in [0.2, 0.25) is 0 Å². The Bertz CT molecular complexity index is 562. The number of allylic oxidation sites excluding steroid dienone is 2. The molecule has 0 aromatic rings. The van der Waals surface area contributed by atoms with Gasteiger partial charge in [0.25, 0.3) is 0 Å². The molecular weight excluding hydrogens is 298 g/mol. The highest BCUT2D eigenvalue weighted by molar-refractivity contribution is 5.39. The third-order valence-electron chi connectivity index (χ3n) is 4.17. The van der Waals surface area contributed by atoms with Crippen molar-refractivity contribution >= 4 is 6.72 Å². The highest BCUT2D eigenvalue weighted by Crippen LogP contribution is 2.17. The van der Waals surface area contributed by atoms with E-state index in [2.05, 4.69) is 66.8 Å². The smallest absolute Gasteiger partial charge is 0.143 e. The van der Waals surface area contributed by atoms with Crippen LogP contribution < -0.4 is 0 Å².